The molecular weight excluding hydrogens is 564 g/mol. The van der Waals surface area contributed by atoms with Crippen molar-refractivity contribution in [2.24, 2.45) is 0 Å². The van der Waals surface area contributed by atoms with E-state index in [2.05, 4.69) is 36.8 Å². The van der Waals surface area contributed by atoms with Gasteiger partial charge in [-0.25, -0.2) is 4.98 Å². The number of unbranched alkanes of at least 4 members (excludes halogenated alkanes) is 1. The number of benzene rings is 2. The number of ether oxygens (including phenoxy) is 2. The number of carbonyl (C=O) groups excluding carboxylic acids is 1. The van der Waals surface area contributed by atoms with Crippen LogP contribution in [0.25, 0.3) is 32.6 Å². The summed E-state index contributed by atoms with van der Waals surface area (Å²) >= 11 is 1.59. The molecule has 0 radical (unpaired) electrons. The van der Waals surface area contributed by atoms with Crippen molar-refractivity contribution in [2.45, 2.75) is 72.3 Å². The van der Waals surface area contributed by atoms with Gasteiger partial charge in [0.15, 0.2) is 10.8 Å². The van der Waals surface area contributed by atoms with Crippen LogP contribution in [-0.2, 0) is 32.7 Å². The number of esters is 1. The molecule has 0 aliphatic rings. The molecule has 5 rings (SSSR count). The SMILES string of the molecule is CCOC(=O)CCCCOc1ccc2c(c1)c(CC(=O)O)c(C)n2Cc1ccc2oc(-c3nc(C(C)(C)C)cs3)cc2c1. The Morgan fingerprint density at radius 1 is 1.09 bits per heavy atom. The van der Waals surface area contributed by atoms with Crippen LogP contribution >= 0.6 is 11.3 Å². The topological polar surface area (TPSA) is 104 Å². The summed E-state index contributed by atoms with van der Waals surface area (Å²) in [5.41, 5.74) is 5.55. The van der Waals surface area contributed by atoms with Gasteiger partial charge in [0.25, 0.3) is 0 Å². The minimum atomic E-state index is -0.878. The van der Waals surface area contributed by atoms with Crippen LogP contribution in [-0.4, -0.2) is 39.8 Å². The molecule has 0 unspecified atom stereocenters. The molecule has 5 aromatic rings. The number of carboxylic acids is 1. The largest absolute Gasteiger partial charge is 0.494 e. The highest BCUT2D eigenvalue weighted by atomic mass is 32.1. The van der Waals surface area contributed by atoms with E-state index in [-0.39, 0.29) is 17.8 Å². The molecular formula is C34H38N2O6S. The molecule has 9 heteroatoms. The Hall–Kier alpha value is -4.11. The number of carbonyl (C=O) groups is 2. The fourth-order valence-electron chi connectivity index (χ4n) is 5.20. The molecule has 43 heavy (non-hydrogen) atoms. The number of thiazole rings is 1. The third-order valence-electron chi connectivity index (χ3n) is 7.51. The Balaban J connectivity index is 1.37. The standard InChI is InChI=1S/C34H38N2O6S/c1-6-40-32(39)9-7-8-14-41-24-11-12-27-26(17-24)25(18-31(37)38)21(2)36(27)19-22-10-13-28-23(15-22)16-29(42-28)33-35-30(20-43-33)34(3,4)5/h10-13,15-17,20H,6-9,14,18-19H2,1-5H3,(H,37,38). The third kappa shape index (κ3) is 6.94. The zero-order chi connectivity index (χ0) is 30.7. The normalized spacial score (nSPS) is 11.8. The van der Waals surface area contributed by atoms with Crippen molar-refractivity contribution in [3.8, 4) is 16.5 Å². The second-order valence-corrected chi connectivity index (χ2v) is 12.6. The van der Waals surface area contributed by atoms with Crippen molar-refractivity contribution in [2.75, 3.05) is 13.2 Å². The summed E-state index contributed by atoms with van der Waals surface area (Å²) < 4.78 is 19.2. The van der Waals surface area contributed by atoms with Gasteiger partial charge in [0.1, 0.15) is 11.3 Å². The first-order valence-corrected chi connectivity index (χ1v) is 15.5. The lowest BCUT2D eigenvalue weighted by molar-refractivity contribution is -0.143. The first kappa shape index (κ1) is 30.4. The summed E-state index contributed by atoms with van der Waals surface area (Å²) in [7, 11) is 0. The molecule has 0 bridgehead atoms. The summed E-state index contributed by atoms with van der Waals surface area (Å²) in [6.07, 6.45) is 1.70. The van der Waals surface area contributed by atoms with E-state index < -0.39 is 5.97 Å². The minimum Gasteiger partial charge on any atom is -0.494 e. The van der Waals surface area contributed by atoms with Gasteiger partial charge in [0.2, 0.25) is 0 Å². The van der Waals surface area contributed by atoms with Crippen molar-refractivity contribution < 1.29 is 28.6 Å². The Morgan fingerprint density at radius 2 is 1.91 bits per heavy atom. The number of aromatic nitrogens is 2. The molecule has 226 valence electrons. The fraction of sp³-hybridized carbons (Fsp3) is 0.382. The molecule has 8 nitrogen and oxygen atoms in total. The third-order valence-corrected chi connectivity index (χ3v) is 8.36. The average molecular weight is 603 g/mol. The number of fused-ring (bicyclic) bond motifs is 2. The monoisotopic (exact) mass is 602 g/mol. The first-order chi connectivity index (χ1) is 20.5. The van der Waals surface area contributed by atoms with Crippen LogP contribution in [0, 0.1) is 6.92 Å². The van der Waals surface area contributed by atoms with Gasteiger partial charge in [-0.1, -0.05) is 26.8 Å². The van der Waals surface area contributed by atoms with Crippen LogP contribution in [0.5, 0.6) is 5.75 Å². The maximum atomic E-state index is 11.8. The lowest BCUT2D eigenvalue weighted by Gasteiger charge is -2.13. The van der Waals surface area contributed by atoms with Gasteiger partial charge in [0, 0.05) is 45.7 Å². The maximum Gasteiger partial charge on any atom is 0.307 e. The van der Waals surface area contributed by atoms with Gasteiger partial charge in [-0.15, -0.1) is 11.3 Å². The van der Waals surface area contributed by atoms with E-state index in [0.717, 1.165) is 61.6 Å². The van der Waals surface area contributed by atoms with E-state index in [1.807, 2.05) is 43.3 Å². The zero-order valence-electron chi connectivity index (χ0n) is 25.4. The maximum absolute atomic E-state index is 11.8. The number of aliphatic carboxylic acids is 1. The highest BCUT2D eigenvalue weighted by Gasteiger charge is 2.20. The number of carboxylic acid groups (broad SMARTS) is 1. The molecule has 0 saturated carbocycles. The summed E-state index contributed by atoms with van der Waals surface area (Å²) in [6.45, 7) is 11.6. The van der Waals surface area contributed by atoms with Crippen LogP contribution < -0.4 is 4.74 Å². The number of nitrogens with zero attached hydrogens (tertiary/aromatic N) is 2. The molecule has 1 N–H and O–H groups in total. The van der Waals surface area contributed by atoms with Crippen LogP contribution in [0.15, 0.2) is 52.3 Å². The van der Waals surface area contributed by atoms with Crippen molar-refractivity contribution >= 4 is 45.1 Å². The lowest BCUT2D eigenvalue weighted by Crippen LogP contribution is -2.11. The summed E-state index contributed by atoms with van der Waals surface area (Å²) in [5.74, 6) is 0.362. The van der Waals surface area contributed by atoms with Crippen molar-refractivity contribution in [3.05, 3.63) is 70.4 Å². The Bertz CT molecular complexity index is 1770. The van der Waals surface area contributed by atoms with Crippen LogP contribution in [0.4, 0.5) is 0 Å². The molecule has 0 spiro atoms. The molecule has 0 aliphatic carbocycles. The predicted octanol–water partition coefficient (Wildman–Crippen LogP) is 7.90. The summed E-state index contributed by atoms with van der Waals surface area (Å²) in [6, 6.07) is 14.0. The van der Waals surface area contributed by atoms with Gasteiger partial charge in [-0.05, 0) is 74.2 Å². The van der Waals surface area contributed by atoms with Crippen molar-refractivity contribution in [1.82, 2.24) is 9.55 Å². The molecule has 2 aromatic carbocycles. The van der Waals surface area contributed by atoms with Gasteiger partial charge < -0.3 is 23.6 Å². The molecule has 3 aromatic heterocycles. The molecule has 0 fully saturated rings. The molecule has 0 atom stereocenters. The Kier molecular flexibility index (Phi) is 8.92. The lowest BCUT2D eigenvalue weighted by atomic mass is 9.93. The molecule has 0 amide bonds. The van der Waals surface area contributed by atoms with E-state index in [1.165, 1.54) is 0 Å². The number of hydrogen-bond donors (Lipinski definition) is 1. The molecule has 0 saturated heterocycles. The average Bonchev–Trinajstić information content (AvgIpc) is 3.66. The Labute approximate surface area is 255 Å². The predicted molar refractivity (Wildman–Crippen MR) is 169 cm³/mol. The van der Waals surface area contributed by atoms with E-state index in [4.69, 9.17) is 18.9 Å². The molecule has 3 heterocycles. The minimum absolute atomic E-state index is 0.0247. The van der Waals surface area contributed by atoms with Gasteiger partial charge in [-0.2, -0.15) is 0 Å². The Morgan fingerprint density at radius 3 is 2.63 bits per heavy atom. The smallest absolute Gasteiger partial charge is 0.307 e. The van der Waals surface area contributed by atoms with Gasteiger partial charge >= 0.3 is 11.9 Å². The summed E-state index contributed by atoms with van der Waals surface area (Å²) in [5, 5.41) is 14.5. The highest BCUT2D eigenvalue weighted by Crippen LogP contribution is 2.35. The van der Waals surface area contributed by atoms with Crippen molar-refractivity contribution in [3.63, 3.8) is 0 Å². The van der Waals surface area contributed by atoms with E-state index in [0.29, 0.717) is 38.3 Å². The second kappa shape index (κ2) is 12.6. The number of hydrogen-bond acceptors (Lipinski definition) is 7. The van der Waals surface area contributed by atoms with Gasteiger partial charge in [0.05, 0.1) is 25.3 Å². The fourth-order valence-corrected chi connectivity index (χ4v) is 6.20. The molecule has 0 aliphatic heterocycles. The van der Waals surface area contributed by atoms with E-state index in [9.17, 15) is 14.7 Å². The van der Waals surface area contributed by atoms with Crippen LogP contribution in [0.1, 0.15) is 69.5 Å². The van der Waals surface area contributed by atoms with Crippen LogP contribution in [0.3, 0.4) is 0 Å². The van der Waals surface area contributed by atoms with Crippen molar-refractivity contribution in [1.29, 1.82) is 0 Å². The van der Waals surface area contributed by atoms with Gasteiger partial charge in [-0.3, -0.25) is 9.59 Å². The highest BCUT2D eigenvalue weighted by molar-refractivity contribution is 7.13. The van der Waals surface area contributed by atoms with E-state index in [1.54, 1.807) is 18.3 Å². The number of rotatable bonds is 12. The zero-order valence-corrected chi connectivity index (χ0v) is 26.2. The quantitative estimate of drug-likeness (QED) is 0.114. The first-order valence-electron chi connectivity index (χ1n) is 14.6. The second-order valence-electron chi connectivity index (χ2n) is 11.8. The number of furan rings is 1. The van der Waals surface area contributed by atoms with E-state index >= 15 is 0 Å². The van der Waals surface area contributed by atoms with Crippen LogP contribution in [0.2, 0.25) is 0 Å². The summed E-state index contributed by atoms with van der Waals surface area (Å²) in [4.78, 5) is 28.1.